The molecule has 0 aromatic carbocycles. The number of ketones is 2. The van der Waals surface area contributed by atoms with E-state index in [2.05, 4.69) is 34.6 Å². The molecule has 0 spiro atoms. The van der Waals surface area contributed by atoms with Gasteiger partial charge in [0.15, 0.2) is 11.6 Å². The lowest BCUT2D eigenvalue weighted by Crippen LogP contribution is -2.51. The summed E-state index contributed by atoms with van der Waals surface area (Å²) in [6, 6.07) is 0. The molecule has 9 rings (SSSR count). The number of allylic oxidation sites excluding steroid dienone is 2. The van der Waals surface area contributed by atoms with Crippen LogP contribution < -0.4 is 0 Å². The molecular formula is C53H80O6. The van der Waals surface area contributed by atoms with Gasteiger partial charge in [-0.3, -0.25) is 19.2 Å². The van der Waals surface area contributed by atoms with E-state index in [1.807, 2.05) is 12.2 Å². The first-order chi connectivity index (χ1) is 28.3. The van der Waals surface area contributed by atoms with Gasteiger partial charge in [-0.25, -0.2) is 0 Å². The van der Waals surface area contributed by atoms with Gasteiger partial charge in [0.25, 0.3) is 0 Å². The van der Waals surface area contributed by atoms with Gasteiger partial charge in [-0.2, -0.15) is 0 Å². The molecule has 0 radical (unpaired) electrons. The minimum absolute atomic E-state index is 0.0294. The van der Waals surface area contributed by atoms with Crippen LogP contribution in [0.15, 0.2) is 23.3 Å². The van der Waals surface area contributed by atoms with Gasteiger partial charge in [0.05, 0.1) is 0 Å². The standard InChI is InChI=1S/C27H40O3.C26H40O3/c1-26-15-13-20(28)17-19(26)8-9-21-22-10-11-24(27(22,2)16-14-23(21)26)30-25(29)12-7-18-5-3-4-6-18;1-4-5-6-7-8-24(28)29-23-12-11-21-20-10-9-18-17-19(27)13-15-25(18,2)22(20)14-16-26(21,23)3/h17-18,21-24H,3-16H2,1-2H3;17,20-23H,4-16H2,1-3H3/t21-,22-,23-,24-,26-,27-;20?,21?,22?,23-,25-,26-/m00/s1. The summed E-state index contributed by atoms with van der Waals surface area (Å²) < 4.78 is 12.3. The second-order valence-electron chi connectivity index (χ2n) is 22.6. The first kappa shape index (κ1) is 43.4. The van der Waals surface area contributed by atoms with Gasteiger partial charge in [-0.05, 0) is 167 Å². The summed E-state index contributed by atoms with van der Waals surface area (Å²) in [6.07, 6.45) is 33.8. The van der Waals surface area contributed by atoms with E-state index in [1.54, 1.807) is 0 Å². The second kappa shape index (κ2) is 17.5. The molecule has 6 heteroatoms. The van der Waals surface area contributed by atoms with E-state index in [0.717, 1.165) is 88.4 Å². The Morgan fingerprint density at radius 3 is 1.54 bits per heavy atom. The first-order valence-corrected chi connectivity index (χ1v) is 25.1. The predicted octanol–water partition coefficient (Wildman–Crippen LogP) is 12.8. The molecule has 0 aromatic heterocycles. The number of rotatable bonds is 10. The molecular weight excluding hydrogens is 733 g/mol. The fourth-order valence-electron chi connectivity index (χ4n) is 16.2. The molecule has 7 fully saturated rings. The molecule has 0 bridgehead atoms. The molecule has 328 valence electrons. The van der Waals surface area contributed by atoms with Gasteiger partial charge in [0, 0.05) is 36.5 Å². The van der Waals surface area contributed by atoms with Crippen LogP contribution in [0, 0.1) is 63.1 Å². The Balaban J connectivity index is 0.000000164. The second-order valence-corrected chi connectivity index (χ2v) is 22.6. The molecule has 7 saturated carbocycles. The van der Waals surface area contributed by atoms with Crippen LogP contribution in [0.3, 0.4) is 0 Å². The third-order valence-corrected chi connectivity index (χ3v) is 19.8. The lowest BCUT2D eigenvalue weighted by molar-refractivity contribution is -0.161. The van der Waals surface area contributed by atoms with Crippen LogP contribution >= 0.6 is 0 Å². The van der Waals surface area contributed by atoms with Gasteiger partial charge >= 0.3 is 11.9 Å². The van der Waals surface area contributed by atoms with Gasteiger partial charge in [-0.15, -0.1) is 0 Å². The fourth-order valence-corrected chi connectivity index (χ4v) is 16.2. The maximum absolute atomic E-state index is 12.7. The van der Waals surface area contributed by atoms with Crippen LogP contribution in [-0.4, -0.2) is 35.7 Å². The topological polar surface area (TPSA) is 86.7 Å². The number of hydrogen-bond donors (Lipinski definition) is 0. The average Bonchev–Trinajstić information content (AvgIpc) is 3.94. The van der Waals surface area contributed by atoms with Crippen LogP contribution in [0.2, 0.25) is 0 Å². The van der Waals surface area contributed by atoms with Crippen molar-refractivity contribution in [3.05, 3.63) is 23.3 Å². The Morgan fingerprint density at radius 1 is 0.559 bits per heavy atom. The molecule has 0 aromatic rings. The molecule has 0 heterocycles. The van der Waals surface area contributed by atoms with Crippen LogP contribution in [-0.2, 0) is 28.7 Å². The highest BCUT2D eigenvalue weighted by Crippen LogP contribution is 2.67. The van der Waals surface area contributed by atoms with Gasteiger partial charge in [-0.1, -0.05) is 90.7 Å². The number of carbonyl (C=O) groups excluding carboxylic acids is 4. The van der Waals surface area contributed by atoms with Crippen molar-refractivity contribution in [3.8, 4) is 0 Å². The summed E-state index contributed by atoms with van der Waals surface area (Å²) in [5.74, 6) is 5.76. The van der Waals surface area contributed by atoms with E-state index < -0.39 is 0 Å². The third-order valence-electron chi connectivity index (χ3n) is 19.8. The molecule has 0 amide bonds. The van der Waals surface area contributed by atoms with Crippen LogP contribution in [0.4, 0.5) is 0 Å². The molecule has 6 nitrogen and oxygen atoms in total. The molecule has 0 N–H and O–H groups in total. The normalized spacial score (nSPS) is 42.4. The highest BCUT2D eigenvalue weighted by Gasteiger charge is 2.61. The number of esters is 2. The van der Waals surface area contributed by atoms with Crippen molar-refractivity contribution in [2.24, 2.45) is 63.1 Å². The minimum Gasteiger partial charge on any atom is -0.462 e. The summed E-state index contributed by atoms with van der Waals surface area (Å²) in [7, 11) is 0. The maximum atomic E-state index is 12.7. The van der Waals surface area contributed by atoms with E-state index in [4.69, 9.17) is 9.47 Å². The summed E-state index contributed by atoms with van der Waals surface area (Å²) in [6.45, 7) is 11.9. The van der Waals surface area contributed by atoms with Crippen LogP contribution in [0.1, 0.15) is 208 Å². The fraction of sp³-hybridized carbons (Fsp3) is 0.849. The Morgan fingerprint density at radius 2 is 1.05 bits per heavy atom. The quantitative estimate of drug-likeness (QED) is 0.161. The minimum atomic E-state index is 0.0294. The number of hydrogen-bond acceptors (Lipinski definition) is 6. The van der Waals surface area contributed by atoms with Crippen LogP contribution in [0.25, 0.3) is 0 Å². The zero-order valence-electron chi connectivity index (χ0n) is 37.9. The number of unbranched alkanes of at least 4 members (excludes halogenated alkanes) is 3. The number of fused-ring (bicyclic) bond motifs is 10. The summed E-state index contributed by atoms with van der Waals surface area (Å²) >= 11 is 0. The summed E-state index contributed by atoms with van der Waals surface area (Å²) in [5, 5.41) is 0. The Bertz CT molecular complexity index is 1650. The van der Waals surface area contributed by atoms with Crippen molar-refractivity contribution in [1.29, 1.82) is 0 Å². The Kier molecular flexibility index (Phi) is 12.9. The lowest BCUT2D eigenvalue weighted by Gasteiger charge is -2.57. The summed E-state index contributed by atoms with van der Waals surface area (Å²) in [4.78, 5) is 49.1. The molecule has 59 heavy (non-hydrogen) atoms. The first-order valence-electron chi connectivity index (χ1n) is 25.1. The molecule has 0 saturated heterocycles. The molecule has 9 aliphatic rings. The maximum Gasteiger partial charge on any atom is 0.306 e. The zero-order chi connectivity index (χ0) is 41.6. The number of ether oxygens (including phenoxy) is 2. The van der Waals surface area contributed by atoms with Gasteiger partial charge in [0.2, 0.25) is 0 Å². The lowest BCUT2D eigenvalue weighted by atomic mass is 9.47. The smallest absolute Gasteiger partial charge is 0.306 e. The van der Waals surface area contributed by atoms with Crippen molar-refractivity contribution in [3.63, 3.8) is 0 Å². The predicted molar refractivity (Wildman–Crippen MR) is 233 cm³/mol. The van der Waals surface area contributed by atoms with Crippen LogP contribution in [0.5, 0.6) is 0 Å². The van der Waals surface area contributed by atoms with E-state index in [9.17, 15) is 19.2 Å². The molecule has 12 atom stereocenters. The largest absolute Gasteiger partial charge is 0.462 e. The highest BCUT2D eigenvalue weighted by molar-refractivity contribution is 5.92. The van der Waals surface area contributed by atoms with Crippen molar-refractivity contribution in [2.75, 3.05) is 0 Å². The van der Waals surface area contributed by atoms with Crippen molar-refractivity contribution >= 4 is 23.5 Å². The SMILES string of the molecule is CCCCCCC(=O)O[C@H]1CCC2C3CCC4=CC(=O)CC[C@]4(C)C3CC[C@@]21C.C[C@]12CC[C@H]3[C@@H](CCC4=CC(=O)CC[C@@]43C)[C@@H]1CC[C@@H]2OC(=O)CCC1CCCC1. The van der Waals surface area contributed by atoms with Gasteiger partial charge < -0.3 is 9.47 Å². The monoisotopic (exact) mass is 813 g/mol. The average molecular weight is 813 g/mol. The Labute approximate surface area is 357 Å². The third kappa shape index (κ3) is 8.25. The van der Waals surface area contributed by atoms with Crippen molar-refractivity contribution in [1.82, 2.24) is 0 Å². The van der Waals surface area contributed by atoms with Gasteiger partial charge in [0.1, 0.15) is 12.2 Å². The molecule has 0 aliphatic heterocycles. The van der Waals surface area contributed by atoms with E-state index in [1.165, 1.54) is 101 Å². The zero-order valence-corrected chi connectivity index (χ0v) is 37.9. The van der Waals surface area contributed by atoms with E-state index in [0.29, 0.717) is 48.1 Å². The molecule has 9 aliphatic carbocycles. The van der Waals surface area contributed by atoms with Crippen molar-refractivity contribution < 1.29 is 28.7 Å². The molecule has 3 unspecified atom stereocenters. The van der Waals surface area contributed by atoms with Crippen molar-refractivity contribution in [2.45, 2.75) is 220 Å². The Hall–Kier alpha value is -2.24. The van der Waals surface area contributed by atoms with E-state index >= 15 is 0 Å². The van der Waals surface area contributed by atoms with E-state index in [-0.39, 0.29) is 45.8 Å². The summed E-state index contributed by atoms with van der Waals surface area (Å²) in [5.41, 5.74) is 3.65. The highest BCUT2D eigenvalue weighted by atomic mass is 16.5. The number of carbonyl (C=O) groups is 4.